The van der Waals surface area contributed by atoms with Crippen molar-refractivity contribution in [3.8, 4) is 28.6 Å². The van der Waals surface area contributed by atoms with Crippen molar-refractivity contribution >= 4 is 11.0 Å². The number of hydrogen-bond acceptors (Lipinski definition) is 6. The summed E-state index contributed by atoms with van der Waals surface area (Å²) in [7, 11) is 4.72. The normalized spacial score (nSPS) is 10.6. The molecule has 108 valence electrons. The van der Waals surface area contributed by atoms with Crippen LogP contribution in [-0.2, 0) is 0 Å². The summed E-state index contributed by atoms with van der Waals surface area (Å²) >= 11 is 0. The van der Waals surface area contributed by atoms with Crippen LogP contribution < -0.4 is 14.2 Å². The van der Waals surface area contributed by atoms with Crippen molar-refractivity contribution in [1.82, 2.24) is 20.2 Å². The Bertz CT molecular complexity index is 752. The van der Waals surface area contributed by atoms with E-state index in [1.807, 2.05) is 6.07 Å². The minimum Gasteiger partial charge on any atom is -0.493 e. The molecule has 3 aromatic rings. The van der Waals surface area contributed by atoms with Gasteiger partial charge in [0.25, 0.3) is 0 Å². The lowest BCUT2D eigenvalue weighted by molar-refractivity contribution is 0.325. The number of ether oxygens (including phenoxy) is 3. The highest BCUT2D eigenvalue weighted by Gasteiger charge is 2.19. The fourth-order valence-corrected chi connectivity index (χ4v) is 2.19. The van der Waals surface area contributed by atoms with E-state index in [0.717, 1.165) is 16.6 Å². The Morgan fingerprint density at radius 3 is 2.33 bits per heavy atom. The van der Waals surface area contributed by atoms with E-state index in [-0.39, 0.29) is 0 Å². The molecule has 0 spiro atoms. The number of benzene rings is 1. The number of rotatable bonds is 4. The van der Waals surface area contributed by atoms with Crippen molar-refractivity contribution < 1.29 is 14.2 Å². The average Bonchev–Trinajstić information content (AvgIpc) is 2.96. The van der Waals surface area contributed by atoms with Crippen LogP contribution in [0.25, 0.3) is 22.4 Å². The molecule has 0 fully saturated rings. The third kappa shape index (κ3) is 2.12. The first-order chi connectivity index (χ1) is 10.3. The van der Waals surface area contributed by atoms with Gasteiger partial charge in [-0.05, 0) is 12.1 Å². The van der Waals surface area contributed by atoms with Crippen LogP contribution in [0.1, 0.15) is 0 Å². The predicted molar refractivity (Wildman–Crippen MR) is 76.8 cm³/mol. The number of aromatic nitrogens is 4. The first-order valence-electron chi connectivity index (χ1n) is 6.24. The molecule has 2 heterocycles. The monoisotopic (exact) mass is 286 g/mol. The van der Waals surface area contributed by atoms with Crippen molar-refractivity contribution in [3.05, 3.63) is 24.5 Å². The van der Waals surface area contributed by atoms with Crippen LogP contribution in [0.2, 0.25) is 0 Å². The lowest BCUT2D eigenvalue weighted by Gasteiger charge is -2.14. The fourth-order valence-electron chi connectivity index (χ4n) is 2.19. The highest BCUT2D eigenvalue weighted by molar-refractivity contribution is 5.81. The molecular weight excluding hydrogens is 272 g/mol. The van der Waals surface area contributed by atoms with E-state index >= 15 is 0 Å². The smallest absolute Gasteiger partial charge is 0.204 e. The molecule has 3 rings (SSSR count). The van der Waals surface area contributed by atoms with Gasteiger partial charge in [0.05, 0.1) is 44.8 Å². The second kappa shape index (κ2) is 5.28. The van der Waals surface area contributed by atoms with Crippen molar-refractivity contribution in [2.24, 2.45) is 0 Å². The molecule has 0 aliphatic carbocycles. The van der Waals surface area contributed by atoms with Gasteiger partial charge in [-0.2, -0.15) is 10.2 Å². The fraction of sp³-hybridized carbons (Fsp3) is 0.214. The Labute approximate surface area is 120 Å². The summed E-state index contributed by atoms with van der Waals surface area (Å²) in [6, 6.07) is 3.67. The molecule has 0 bridgehead atoms. The van der Waals surface area contributed by atoms with Crippen LogP contribution in [0.15, 0.2) is 24.5 Å². The number of imidazole rings is 1. The van der Waals surface area contributed by atoms with Crippen molar-refractivity contribution in [3.63, 3.8) is 0 Å². The number of nitrogens with zero attached hydrogens (tertiary/aromatic N) is 3. The van der Waals surface area contributed by atoms with Crippen LogP contribution in [0.5, 0.6) is 17.2 Å². The Balaban J connectivity index is 2.21. The maximum atomic E-state index is 5.46. The van der Waals surface area contributed by atoms with E-state index in [2.05, 4.69) is 20.2 Å². The van der Waals surface area contributed by atoms with Gasteiger partial charge >= 0.3 is 0 Å². The maximum absolute atomic E-state index is 5.46. The first-order valence-corrected chi connectivity index (χ1v) is 6.24. The van der Waals surface area contributed by atoms with Gasteiger partial charge in [-0.15, -0.1) is 0 Å². The molecule has 0 radical (unpaired) electrons. The Morgan fingerprint density at radius 1 is 0.905 bits per heavy atom. The molecule has 7 nitrogen and oxygen atoms in total. The standard InChI is InChI=1S/C14H14N4O3/c1-19-11-5-4-8(12(20-2)13(11)21-3)14-17-9-6-15-16-7-10(9)18-14/h4-7H,1-3H3,(H,17,18). The Hall–Kier alpha value is -2.83. The quantitative estimate of drug-likeness (QED) is 0.790. The van der Waals surface area contributed by atoms with Gasteiger partial charge in [0.15, 0.2) is 11.5 Å². The molecule has 7 heteroatoms. The van der Waals surface area contributed by atoms with Crippen molar-refractivity contribution in [1.29, 1.82) is 0 Å². The zero-order chi connectivity index (χ0) is 14.8. The van der Waals surface area contributed by atoms with E-state index in [9.17, 15) is 0 Å². The summed E-state index contributed by atoms with van der Waals surface area (Å²) in [6.07, 6.45) is 3.22. The van der Waals surface area contributed by atoms with E-state index in [1.54, 1.807) is 39.8 Å². The summed E-state index contributed by atoms with van der Waals surface area (Å²) in [5.74, 6) is 2.32. The minimum absolute atomic E-state index is 0.522. The SMILES string of the molecule is COc1ccc(-c2nc3cnncc3[nH]2)c(OC)c1OC. The number of fused-ring (bicyclic) bond motifs is 1. The zero-order valence-electron chi connectivity index (χ0n) is 11.9. The van der Waals surface area contributed by atoms with E-state index < -0.39 is 0 Å². The van der Waals surface area contributed by atoms with Gasteiger partial charge < -0.3 is 19.2 Å². The molecule has 2 aromatic heterocycles. The van der Waals surface area contributed by atoms with Crippen LogP contribution in [0.3, 0.4) is 0 Å². The molecule has 0 saturated heterocycles. The maximum Gasteiger partial charge on any atom is 0.204 e. The molecule has 0 aliphatic rings. The second-order valence-corrected chi connectivity index (χ2v) is 4.26. The highest BCUT2D eigenvalue weighted by atomic mass is 16.5. The van der Waals surface area contributed by atoms with E-state index in [0.29, 0.717) is 23.1 Å². The number of H-pyrrole nitrogens is 1. The average molecular weight is 286 g/mol. The molecule has 0 aliphatic heterocycles. The third-order valence-corrected chi connectivity index (χ3v) is 3.15. The molecular formula is C14H14N4O3. The molecule has 1 N–H and O–H groups in total. The van der Waals surface area contributed by atoms with Crippen LogP contribution >= 0.6 is 0 Å². The lowest BCUT2D eigenvalue weighted by atomic mass is 10.1. The van der Waals surface area contributed by atoms with Crippen LogP contribution in [-0.4, -0.2) is 41.5 Å². The number of nitrogens with one attached hydrogen (secondary N) is 1. The zero-order valence-corrected chi connectivity index (χ0v) is 11.9. The Kier molecular flexibility index (Phi) is 3.31. The number of hydrogen-bond donors (Lipinski definition) is 1. The summed E-state index contributed by atoms with van der Waals surface area (Å²) in [5, 5.41) is 7.64. The third-order valence-electron chi connectivity index (χ3n) is 3.15. The van der Waals surface area contributed by atoms with Gasteiger partial charge in [-0.3, -0.25) is 0 Å². The number of aromatic amines is 1. The number of methoxy groups -OCH3 is 3. The van der Waals surface area contributed by atoms with Crippen LogP contribution in [0.4, 0.5) is 0 Å². The second-order valence-electron chi connectivity index (χ2n) is 4.26. The topological polar surface area (TPSA) is 82.2 Å². The van der Waals surface area contributed by atoms with E-state index in [4.69, 9.17) is 14.2 Å². The molecule has 0 atom stereocenters. The van der Waals surface area contributed by atoms with Crippen molar-refractivity contribution in [2.45, 2.75) is 0 Å². The van der Waals surface area contributed by atoms with Gasteiger partial charge in [0.1, 0.15) is 11.3 Å². The van der Waals surface area contributed by atoms with Gasteiger partial charge in [0.2, 0.25) is 5.75 Å². The lowest BCUT2D eigenvalue weighted by Crippen LogP contribution is -1.97. The summed E-state index contributed by atoms with van der Waals surface area (Å²) in [5.41, 5.74) is 2.31. The van der Waals surface area contributed by atoms with Crippen molar-refractivity contribution in [2.75, 3.05) is 21.3 Å². The Morgan fingerprint density at radius 2 is 1.67 bits per heavy atom. The summed E-state index contributed by atoms with van der Waals surface area (Å²) in [6.45, 7) is 0. The van der Waals surface area contributed by atoms with Crippen LogP contribution in [0, 0.1) is 0 Å². The van der Waals surface area contributed by atoms with Gasteiger partial charge in [-0.25, -0.2) is 4.98 Å². The highest BCUT2D eigenvalue weighted by Crippen LogP contribution is 2.43. The molecule has 1 aromatic carbocycles. The van der Waals surface area contributed by atoms with Gasteiger partial charge in [-0.1, -0.05) is 0 Å². The summed E-state index contributed by atoms with van der Waals surface area (Å²) in [4.78, 5) is 7.67. The summed E-state index contributed by atoms with van der Waals surface area (Å²) < 4.78 is 16.1. The molecule has 0 saturated carbocycles. The molecule has 21 heavy (non-hydrogen) atoms. The molecule has 0 amide bonds. The minimum atomic E-state index is 0.522. The first kappa shape index (κ1) is 13.2. The molecule has 0 unspecified atom stereocenters. The van der Waals surface area contributed by atoms with E-state index in [1.165, 1.54) is 0 Å². The largest absolute Gasteiger partial charge is 0.493 e. The predicted octanol–water partition coefficient (Wildman–Crippen LogP) is 2.05. The van der Waals surface area contributed by atoms with Gasteiger partial charge in [0, 0.05) is 0 Å².